The molecule has 2 heterocycles. The van der Waals surface area contributed by atoms with Crippen LogP contribution in [-0.4, -0.2) is 18.7 Å². The van der Waals surface area contributed by atoms with Gasteiger partial charge in [0.1, 0.15) is 5.65 Å². The second-order valence-corrected chi connectivity index (χ2v) is 2.72. The van der Waals surface area contributed by atoms with Crippen molar-refractivity contribution in [2.75, 3.05) is 0 Å². The van der Waals surface area contributed by atoms with Gasteiger partial charge in [-0.3, -0.25) is 23.5 Å². The minimum absolute atomic E-state index is 0.0609. The van der Waals surface area contributed by atoms with E-state index in [1.807, 2.05) is 4.98 Å². The zero-order valence-electron chi connectivity index (χ0n) is 16.1. The van der Waals surface area contributed by atoms with Gasteiger partial charge >= 0.3 is 11.4 Å². The van der Waals surface area contributed by atoms with E-state index in [0.29, 0.717) is 0 Å². The molecule has 2 rings (SSSR count). The highest BCUT2D eigenvalue weighted by Crippen LogP contribution is 1.98. The van der Waals surface area contributed by atoms with Crippen molar-refractivity contribution in [2.24, 2.45) is 20.9 Å². The van der Waals surface area contributed by atoms with Crippen molar-refractivity contribution in [3.8, 4) is 0 Å². The number of aromatic nitrogens is 4. The molecule has 0 amide bonds. The number of nitrogens with zero attached hydrogens (tertiary/aromatic N) is 3. The van der Waals surface area contributed by atoms with Crippen LogP contribution in [0.5, 0.6) is 0 Å². The standard InChI is InChI=1S/C8H10N4O3/c1-10-4-5(9-7(10)14)11(2)8(15)12(3)6(4)13/h1-3H3,(H,9,14)/i1D3,2D3,3D3. The molecule has 1 N–H and O–H groups in total. The number of rotatable bonds is 0. The topological polar surface area (TPSA) is 81.8 Å². The number of aromatic amines is 1. The van der Waals surface area contributed by atoms with E-state index in [4.69, 9.17) is 12.3 Å². The second-order valence-electron chi connectivity index (χ2n) is 2.72. The number of hydrogen-bond acceptors (Lipinski definition) is 3. The summed E-state index contributed by atoms with van der Waals surface area (Å²) in [5, 5.41) is 0. The highest BCUT2D eigenvalue weighted by Gasteiger charge is 2.13. The van der Waals surface area contributed by atoms with E-state index < -0.39 is 49.0 Å². The fraction of sp³-hybridized carbons (Fsp3) is 0.375. The van der Waals surface area contributed by atoms with Crippen molar-refractivity contribution >= 4 is 11.2 Å². The first-order valence-electron chi connectivity index (χ1n) is 8.12. The van der Waals surface area contributed by atoms with Gasteiger partial charge < -0.3 is 0 Å². The van der Waals surface area contributed by atoms with Crippen molar-refractivity contribution in [1.29, 1.82) is 0 Å². The van der Waals surface area contributed by atoms with Gasteiger partial charge in [0.05, 0.1) is 0 Å². The van der Waals surface area contributed by atoms with Crippen LogP contribution in [0.3, 0.4) is 0 Å². The minimum atomic E-state index is -3.39. The first-order valence-corrected chi connectivity index (χ1v) is 3.62. The Morgan fingerprint density at radius 1 is 1.07 bits per heavy atom. The number of nitrogens with one attached hydrogen (secondary N) is 1. The molecule has 80 valence electrons. The van der Waals surface area contributed by atoms with Crippen LogP contribution in [0.1, 0.15) is 12.3 Å². The van der Waals surface area contributed by atoms with Crippen molar-refractivity contribution in [3.05, 3.63) is 31.3 Å². The molecule has 0 saturated carbocycles. The SMILES string of the molecule is [2H]C([2H])([2H])n1c(=O)c2c([nH]c(=O)n2C([2H])([2H])[2H])n(C([2H])([2H])[2H])c1=O. The van der Waals surface area contributed by atoms with Crippen molar-refractivity contribution < 1.29 is 12.3 Å². The lowest BCUT2D eigenvalue weighted by atomic mass is 10.5. The Hall–Kier alpha value is -2.05. The highest BCUT2D eigenvalue weighted by atomic mass is 16.2. The van der Waals surface area contributed by atoms with Crippen LogP contribution in [-0.2, 0) is 20.9 Å². The molecule has 0 aliphatic rings. The van der Waals surface area contributed by atoms with Gasteiger partial charge in [-0.05, 0) is 0 Å². The molecule has 0 aliphatic heterocycles. The van der Waals surface area contributed by atoms with Crippen LogP contribution in [0.2, 0.25) is 0 Å². The van der Waals surface area contributed by atoms with Crippen LogP contribution in [0, 0.1) is 0 Å². The Labute approximate surface area is 95.8 Å². The van der Waals surface area contributed by atoms with E-state index in [1.165, 1.54) is 0 Å². The highest BCUT2D eigenvalue weighted by molar-refractivity contribution is 5.69. The molecule has 0 bridgehead atoms. The summed E-state index contributed by atoms with van der Waals surface area (Å²) in [6.07, 6.45) is 0. The van der Waals surface area contributed by atoms with E-state index in [0.717, 1.165) is 0 Å². The maximum Gasteiger partial charge on any atom is 0.332 e. The van der Waals surface area contributed by atoms with Crippen LogP contribution >= 0.6 is 0 Å². The van der Waals surface area contributed by atoms with Crippen LogP contribution in [0.4, 0.5) is 0 Å². The molecule has 0 radical (unpaired) electrons. The van der Waals surface area contributed by atoms with Gasteiger partial charge in [-0.25, -0.2) is 9.59 Å². The molecule has 7 nitrogen and oxygen atoms in total. The van der Waals surface area contributed by atoms with Gasteiger partial charge in [0.2, 0.25) is 0 Å². The fourth-order valence-electron chi connectivity index (χ4n) is 1.17. The zero-order chi connectivity index (χ0) is 18.8. The second kappa shape index (κ2) is 2.72. The van der Waals surface area contributed by atoms with E-state index >= 15 is 0 Å². The van der Waals surface area contributed by atoms with Gasteiger partial charge in [0, 0.05) is 33.3 Å². The maximum atomic E-state index is 12.3. The molecular weight excluding hydrogens is 200 g/mol. The largest absolute Gasteiger partial charge is 0.332 e. The third-order valence-corrected chi connectivity index (χ3v) is 1.89. The smallest absolute Gasteiger partial charge is 0.291 e. The van der Waals surface area contributed by atoms with Gasteiger partial charge in [-0.15, -0.1) is 0 Å². The normalized spacial score (nSPS) is 22.5. The number of imidazole rings is 1. The van der Waals surface area contributed by atoms with Crippen LogP contribution in [0.15, 0.2) is 14.4 Å². The number of H-pyrrole nitrogens is 1. The molecular formula is C8H10N4O3. The molecule has 2 aromatic heterocycles. The van der Waals surface area contributed by atoms with Crippen LogP contribution in [0.25, 0.3) is 11.2 Å². The number of hydrogen-bond donors (Lipinski definition) is 1. The summed E-state index contributed by atoms with van der Waals surface area (Å²) in [6.45, 7) is -9.87. The third kappa shape index (κ3) is 1.03. The Bertz CT molecular complexity index is 981. The molecule has 0 spiro atoms. The lowest BCUT2D eigenvalue weighted by Crippen LogP contribution is -2.37. The summed E-state index contributed by atoms with van der Waals surface area (Å²) < 4.78 is 64.9. The summed E-state index contributed by atoms with van der Waals surface area (Å²) >= 11 is 0. The maximum absolute atomic E-state index is 12.3. The lowest BCUT2D eigenvalue weighted by molar-refractivity contribution is 0.705. The van der Waals surface area contributed by atoms with Gasteiger partial charge in [-0.1, -0.05) is 0 Å². The molecule has 0 atom stereocenters. The zero-order valence-corrected chi connectivity index (χ0v) is 7.07. The van der Waals surface area contributed by atoms with Crippen molar-refractivity contribution in [1.82, 2.24) is 18.7 Å². The molecule has 15 heavy (non-hydrogen) atoms. The molecule has 0 aliphatic carbocycles. The molecule has 2 aromatic rings. The lowest BCUT2D eigenvalue weighted by Gasteiger charge is -2.02. The Balaban J connectivity index is 3.30. The Morgan fingerprint density at radius 3 is 2.33 bits per heavy atom. The predicted molar refractivity (Wildman–Crippen MR) is 54.0 cm³/mol. The van der Waals surface area contributed by atoms with Gasteiger partial charge in [-0.2, -0.15) is 0 Å². The quantitative estimate of drug-likeness (QED) is 0.571. The first kappa shape index (κ1) is 3.51. The summed E-state index contributed by atoms with van der Waals surface area (Å²) in [7, 11) is 0. The average molecular weight is 219 g/mol. The van der Waals surface area contributed by atoms with Gasteiger partial charge in [0.15, 0.2) is 5.52 Å². The fourth-order valence-corrected chi connectivity index (χ4v) is 1.17. The summed E-state index contributed by atoms with van der Waals surface area (Å²) in [4.78, 5) is 38.2. The molecule has 7 heteroatoms. The number of aryl methyl sites for hydroxylation is 2. The third-order valence-electron chi connectivity index (χ3n) is 1.89. The average Bonchev–Trinajstić information content (AvgIpc) is 2.61. The number of fused-ring (bicyclic) bond motifs is 1. The summed E-state index contributed by atoms with van der Waals surface area (Å²) in [6, 6.07) is 0. The Morgan fingerprint density at radius 2 is 1.73 bits per heavy atom. The predicted octanol–water partition coefficient (Wildman–Crippen LogP) is -1.74. The monoisotopic (exact) mass is 219 g/mol. The first-order chi connectivity index (χ1) is 10.6. The minimum Gasteiger partial charge on any atom is -0.291 e. The molecule has 0 fully saturated rings. The van der Waals surface area contributed by atoms with E-state index in [2.05, 4.69) is 0 Å². The van der Waals surface area contributed by atoms with Crippen LogP contribution < -0.4 is 16.9 Å². The molecule has 0 aromatic carbocycles. The van der Waals surface area contributed by atoms with E-state index in [1.54, 1.807) is 0 Å². The van der Waals surface area contributed by atoms with Crippen molar-refractivity contribution in [2.45, 2.75) is 0 Å². The Kier molecular flexibility index (Phi) is 0.637. The van der Waals surface area contributed by atoms with E-state index in [9.17, 15) is 14.4 Å². The molecule has 0 unspecified atom stereocenters. The summed E-state index contributed by atoms with van der Waals surface area (Å²) in [5.41, 5.74) is -6.68. The summed E-state index contributed by atoms with van der Waals surface area (Å²) in [5.74, 6) is 0. The van der Waals surface area contributed by atoms with E-state index in [-0.39, 0.29) is 13.7 Å². The van der Waals surface area contributed by atoms with Gasteiger partial charge in [0.25, 0.3) is 5.56 Å². The molecule has 0 saturated heterocycles. The van der Waals surface area contributed by atoms with Crippen molar-refractivity contribution in [3.63, 3.8) is 0 Å².